The van der Waals surface area contributed by atoms with Gasteiger partial charge in [-0.1, -0.05) is 13.8 Å². The molecule has 100 valence electrons. The van der Waals surface area contributed by atoms with E-state index in [9.17, 15) is 0 Å². The third kappa shape index (κ3) is 3.43. The van der Waals surface area contributed by atoms with E-state index in [0.717, 1.165) is 32.6 Å². The molecule has 0 bridgehead atoms. The van der Waals surface area contributed by atoms with Gasteiger partial charge in [-0.3, -0.25) is 0 Å². The Morgan fingerprint density at radius 2 is 1.88 bits per heavy atom. The maximum Gasteiger partial charge on any atom is 0.0483 e. The zero-order chi connectivity index (χ0) is 12.4. The summed E-state index contributed by atoms with van der Waals surface area (Å²) in [6.45, 7) is 11.2. The van der Waals surface area contributed by atoms with Crippen LogP contribution in [0.1, 0.15) is 46.5 Å². The van der Waals surface area contributed by atoms with Crippen LogP contribution in [0.25, 0.3) is 0 Å². The molecule has 0 saturated carbocycles. The summed E-state index contributed by atoms with van der Waals surface area (Å²) >= 11 is 0. The van der Waals surface area contributed by atoms with Crippen LogP contribution in [-0.2, 0) is 4.74 Å². The first-order chi connectivity index (χ1) is 8.02. The van der Waals surface area contributed by atoms with Crippen LogP contribution in [0, 0.1) is 5.41 Å². The van der Waals surface area contributed by atoms with Gasteiger partial charge in [0.15, 0.2) is 0 Å². The van der Waals surface area contributed by atoms with Crippen molar-refractivity contribution in [2.75, 3.05) is 26.3 Å². The van der Waals surface area contributed by atoms with E-state index < -0.39 is 0 Å². The first-order valence-corrected chi connectivity index (χ1v) is 7.08. The SMILES string of the molecule is CC1(NCC2NCCCC2(C)C)CCOCC1. The normalized spacial score (nSPS) is 32.3. The fourth-order valence-corrected chi connectivity index (χ4v) is 2.97. The van der Waals surface area contributed by atoms with E-state index >= 15 is 0 Å². The summed E-state index contributed by atoms with van der Waals surface area (Å²) in [6.07, 6.45) is 4.93. The number of hydrogen-bond acceptors (Lipinski definition) is 3. The van der Waals surface area contributed by atoms with Crippen molar-refractivity contribution in [1.82, 2.24) is 10.6 Å². The molecule has 0 aromatic rings. The van der Waals surface area contributed by atoms with Gasteiger partial charge in [-0.05, 0) is 44.6 Å². The Hall–Kier alpha value is -0.120. The molecule has 2 aliphatic heterocycles. The molecular formula is C14H28N2O. The smallest absolute Gasteiger partial charge is 0.0483 e. The summed E-state index contributed by atoms with van der Waals surface area (Å²) in [5.41, 5.74) is 0.709. The molecule has 2 saturated heterocycles. The lowest BCUT2D eigenvalue weighted by Crippen LogP contribution is -2.57. The minimum atomic E-state index is 0.285. The van der Waals surface area contributed by atoms with Crippen LogP contribution in [0.4, 0.5) is 0 Å². The van der Waals surface area contributed by atoms with Crippen LogP contribution < -0.4 is 10.6 Å². The van der Waals surface area contributed by atoms with Gasteiger partial charge in [0.05, 0.1) is 0 Å². The van der Waals surface area contributed by atoms with Gasteiger partial charge in [0, 0.05) is 31.3 Å². The molecule has 0 aliphatic carbocycles. The van der Waals surface area contributed by atoms with Crippen molar-refractivity contribution in [3.05, 3.63) is 0 Å². The van der Waals surface area contributed by atoms with E-state index in [-0.39, 0.29) is 5.54 Å². The summed E-state index contributed by atoms with van der Waals surface area (Å²) in [5, 5.41) is 7.45. The summed E-state index contributed by atoms with van der Waals surface area (Å²) < 4.78 is 5.44. The van der Waals surface area contributed by atoms with Gasteiger partial charge >= 0.3 is 0 Å². The second-order valence-electron chi connectivity index (χ2n) is 6.65. The zero-order valence-corrected chi connectivity index (χ0v) is 11.6. The Kier molecular flexibility index (Phi) is 4.11. The molecule has 2 fully saturated rings. The van der Waals surface area contributed by atoms with E-state index in [1.165, 1.54) is 19.4 Å². The molecular weight excluding hydrogens is 212 g/mol. The molecule has 2 rings (SSSR count). The quantitative estimate of drug-likeness (QED) is 0.791. The number of rotatable bonds is 3. The van der Waals surface area contributed by atoms with Crippen LogP contribution in [0.5, 0.6) is 0 Å². The molecule has 1 unspecified atom stereocenters. The highest BCUT2D eigenvalue weighted by Crippen LogP contribution is 2.30. The topological polar surface area (TPSA) is 33.3 Å². The van der Waals surface area contributed by atoms with Crippen LogP contribution in [0.15, 0.2) is 0 Å². The molecule has 3 nitrogen and oxygen atoms in total. The van der Waals surface area contributed by atoms with Gasteiger partial charge in [0.1, 0.15) is 0 Å². The second-order valence-corrected chi connectivity index (χ2v) is 6.65. The van der Waals surface area contributed by atoms with E-state index in [4.69, 9.17) is 4.74 Å². The first-order valence-electron chi connectivity index (χ1n) is 7.08. The Labute approximate surface area is 106 Å². The largest absolute Gasteiger partial charge is 0.381 e. The molecule has 3 heteroatoms. The molecule has 1 atom stereocenters. The van der Waals surface area contributed by atoms with Crippen molar-refractivity contribution < 1.29 is 4.74 Å². The molecule has 17 heavy (non-hydrogen) atoms. The minimum Gasteiger partial charge on any atom is -0.381 e. The lowest BCUT2D eigenvalue weighted by molar-refractivity contribution is 0.0409. The molecule has 2 heterocycles. The fraction of sp³-hybridized carbons (Fsp3) is 1.00. The highest BCUT2D eigenvalue weighted by Gasteiger charge is 2.34. The number of hydrogen-bond donors (Lipinski definition) is 2. The Morgan fingerprint density at radius 1 is 1.18 bits per heavy atom. The summed E-state index contributed by atoms with van der Waals surface area (Å²) in [5.74, 6) is 0. The van der Waals surface area contributed by atoms with E-state index in [2.05, 4.69) is 31.4 Å². The van der Waals surface area contributed by atoms with Crippen LogP contribution in [0.2, 0.25) is 0 Å². The predicted octanol–water partition coefficient (Wildman–Crippen LogP) is 1.92. The van der Waals surface area contributed by atoms with Gasteiger partial charge < -0.3 is 15.4 Å². The molecule has 2 aliphatic rings. The Morgan fingerprint density at radius 3 is 2.53 bits per heavy atom. The van der Waals surface area contributed by atoms with Crippen molar-refractivity contribution in [1.29, 1.82) is 0 Å². The second kappa shape index (κ2) is 5.25. The Bertz CT molecular complexity index is 247. The first kappa shape index (κ1) is 13.3. The molecule has 0 aromatic heterocycles. The Balaban J connectivity index is 1.84. The van der Waals surface area contributed by atoms with Crippen molar-refractivity contribution in [3.63, 3.8) is 0 Å². The molecule has 0 amide bonds. The van der Waals surface area contributed by atoms with Gasteiger partial charge in [0.2, 0.25) is 0 Å². The molecule has 2 N–H and O–H groups in total. The van der Waals surface area contributed by atoms with Crippen LogP contribution >= 0.6 is 0 Å². The van der Waals surface area contributed by atoms with Crippen molar-refractivity contribution in [3.8, 4) is 0 Å². The van der Waals surface area contributed by atoms with E-state index in [1.54, 1.807) is 0 Å². The summed E-state index contributed by atoms with van der Waals surface area (Å²) in [4.78, 5) is 0. The predicted molar refractivity (Wildman–Crippen MR) is 71.3 cm³/mol. The van der Waals surface area contributed by atoms with E-state index in [1.807, 2.05) is 0 Å². The van der Waals surface area contributed by atoms with Gasteiger partial charge in [-0.2, -0.15) is 0 Å². The highest BCUT2D eigenvalue weighted by atomic mass is 16.5. The maximum absolute atomic E-state index is 5.44. The standard InChI is InChI=1S/C14H28N2O/c1-13(2)5-4-8-15-12(13)11-16-14(3)6-9-17-10-7-14/h12,15-16H,4-11H2,1-3H3. The van der Waals surface area contributed by atoms with E-state index in [0.29, 0.717) is 11.5 Å². The van der Waals surface area contributed by atoms with Gasteiger partial charge in [-0.15, -0.1) is 0 Å². The van der Waals surface area contributed by atoms with Crippen molar-refractivity contribution >= 4 is 0 Å². The highest BCUT2D eigenvalue weighted by molar-refractivity contribution is 4.93. The number of ether oxygens (including phenoxy) is 1. The monoisotopic (exact) mass is 240 g/mol. The third-order valence-corrected chi connectivity index (χ3v) is 4.66. The lowest BCUT2D eigenvalue weighted by atomic mass is 9.77. The number of nitrogens with one attached hydrogen (secondary N) is 2. The third-order valence-electron chi connectivity index (χ3n) is 4.66. The summed E-state index contributed by atoms with van der Waals surface area (Å²) in [7, 11) is 0. The van der Waals surface area contributed by atoms with Gasteiger partial charge in [0.25, 0.3) is 0 Å². The average molecular weight is 240 g/mol. The molecule has 0 aromatic carbocycles. The maximum atomic E-state index is 5.44. The average Bonchev–Trinajstić information content (AvgIpc) is 2.28. The van der Waals surface area contributed by atoms with Crippen molar-refractivity contribution in [2.45, 2.75) is 58.0 Å². The number of piperidine rings is 1. The van der Waals surface area contributed by atoms with Crippen molar-refractivity contribution in [2.24, 2.45) is 5.41 Å². The fourth-order valence-electron chi connectivity index (χ4n) is 2.97. The van der Waals surface area contributed by atoms with Crippen LogP contribution in [-0.4, -0.2) is 37.9 Å². The molecule has 0 spiro atoms. The minimum absolute atomic E-state index is 0.285. The summed E-state index contributed by atoms with van der Waals surface area (Å²) in [6, 6.07) is 0.607. The lowest BCUT2D eigenvalue weighted by Gasteiger charge is -2.43. The zero-order valence-electron chi connectivity index (χ0n) is 11.6. The molecule has 0 radical (unpaired) electrons. The van der Waals surface area contributed by atoms with Crippen LogP contribution in [0.3, 0.4) is 0 Å². The van der Waals surface area contributed by atoms with Gasteiger partial charge in [-0.25, -0.2) is 0 Å².